The minimum Gasteiger partial charge on any atom is -0.348 e. The summed E-state index contributed by atoms with van der Waals surface area (Å²) < 4.78 is 40.7. The van der Waals surface area contributed by atoms with Gasteiger partial charge in [0.1, 0.15) is 12.4 Å². The van der Waals surface area contributed by atoms with Gasteiger partial charge in [0.05, 0.1) is 16.6 Å². The van der Waals surface area contributed by atoms with Gasteiger partial charge in [0.25, 0.3) is 10.0 Å². The van der Waals surface area contributed by atoms with Crippen LogP contribution in [0.1, 0.15) is 18.5 Å². The Balaban J connectivity index is 1.91. The minimum absolute atomic E-state index is 0.0190. The van der Waals surface area contributed by atoms with E-state index in [0.717, 1.165) is 4.31 Å². The number of benzene rings is 3. The predicted molar refractivity (Wildman–Crippen MR) is 120 cm³/mol. The van der Waals surface area contributed by atoms with E-state index in [1.54, 1.807) is 37.3 Å². The van der Waals surface area contributed by atoms with Gasteiger partial charge in [-0.1, -0.05) is 53.5 Å². The van der Waals surface area contributed by atoms with Gasteiger partial charge in [-0.15, -0.1) is 0 Å². The number of carbonyl (C=O) groups excluding carboxylic acids is 1. The summed E-state index contributed by atoms with van der Waals surface area (Å²) in [5.41, 5.74) is 0.837. The number of rotatable bonds is 7. The van der Waals surface area contributed by atoms with Crippen LogP contribution in [-0.4, -0.2) is 20.9 Å². The Morgan fingerprint density at radius 2 is 1.58 bits per heavy atom. The summed E-state index contributed by atoms with van der Waals surface area (Å²) in [5, 5.41) is 3.20. The first-order chi connectivity index (χ1) is 14.7. The molecule has 0 radical (unpaired) electrons. The number of halogens is 3. The van der Waals surface area contributed by atoms with Gasteiger partial charge in [0, 0.05) is 10.0 Å². The first-order valence-electron chi connectivity index (χ1n) is 9.25. The van der Waals surface area contributed by atoms with E-state index >= 15 is 0 Å². The normalized spacial score (nSPS) is 12.3. The number of carbonyl (C=O) groups is 1. The molecule has 0 bridgehead atoms. The van der Waals surface area contributed by atoms with E-state index in [-0.39, 0.29) is 26.4 Å². The summed E-state index contributed by atoms with van der Waals surface area (Å²) in [6, 6.07) is 17.3. The molecule has 0 unspecified atom stereocenters. The van der Waals surface area contributed by atoms with E-state index in [4.69, 9.17) is 23.2 Å². The standard InChI is InChI=1S/C22H19Cl2FN2O3S/c1-15(16-7-9-19(25)10-8-16)26-22(28)14-27(20-12-17(23)11-18(24)13-20)31(29,30)21-5-3-2-4-6-21/h2-13,15H,14H2,1H3,(H,26,28)/t15-/m1/s1. The number of anilines is 1. The first kappa shape index (κ1) is 23.1. The van der Waals surface area contributed by atoms with Gasteiger partial charge >= 0.3 is 0 Å². The lowest BCUT2D eigenvalue weighted by molar-refractivity contribution is -0.120. The highest BCUT2D eigenvalue weighted by molar-refractivity contribution is 7.92. The second-order valence-electron chi connectivity index (χ2n) is 6.79. The second kappa shape index (κ2) is 9.68. The van der Waals surface area contributed by atoms with Crippen molar-refractivity contribution in [1.82, 2.24) is 5.32 Å². The molecule has 0 aliphatic rings. The number of hydrogen-bond acceptors (Lipinski definition) is 3. The molecule has 1 amide bonds. The Hall–Kier alpha value is -2.61. The van der Waals surface area contributed by atoms with Crippen molar-refractivity contribution in [3.63, 3.8) is 0 Å². The molecule has 9 heteroatoms. The SMILES string of the molecule is C[C@@H](NC(=O)CN(c1cc(Cl)cc(Cl)c1)S(=O)(=O)c1ccccc1)c1ccc(F)cc1. The molecule has 0 heterocycles. The van der Waals surface area contributed by atoms with Crippen molar-refractivity contribution in [2.75, 3.05) is 10.8 Å². The molecular weight excluding hydrogens is 462 g/mol. The molecular formula is C22H19Cl2FN2O3S. The first-order valence-corrected chi connectivity index (χ1v) is 11.4. The average Bonchev–Trinajstić information content (AvgIpc) is 2.72. The van der Waals surface area contributed by atoms with Gasteiger partial charge in [-0.05, 0) is 55.0 Å². The summed E-state index contributed by atoms with van der Waals surface area (Å²) >= 11 is 12.1. The number of hydrogen-bond donors (Lipinski definition) is 1. The van der Waals surface area contributed by atoms with Crippen LogP contribution in [0, 0.1) is 5.82 Å². The van der Waals surface area contributed by atoms with Gasteiger partial charge < -0.3 is 5.32 Å². The average molecular weight is 481 g/mol. The molecule has 0 aliphatic carbocycles. The van der Waals surface area contributed by atoms with Crippen LogP contribution in [0.25, 0.3) is 0 Å². The highest BCUT2D eigenvalue weighted by Crippen LogP contribution is 2.29. The van der Waals surface area contributed by atoms with Crippen molar-refractivity contribution < 1.29 is 17.6 Å². The van der Waals surface area contributed by atoms with Crippen LogP contribution in [0.15, 0.2) is 77.7 Å². The quantitative estimate of drug-likeness (QED) is 0.504. The minimum atomic E-state index is -4.08. The molecule has 0 saturated carbocycles. The molecule has 0 saturated heterocycles. The molecule has 0 fully saturated rings. The second-order valence-corrected chi connectivity index (χ2v) is 9.53. The van der Waals surface area contributed by atoms with Crippen molar-refractivity contribution in [2.45, 2.75) is 17.9 Å². The van der Waals surface area contributed by atoms with Crippen LogP contribution in [0.4, 0.5) is 10.1 Å². The maximum absolute atomic E-state index is 13.3. The zero-order valence-electron chi connectivity index (χ0n) is 16.4. The van der Waals surface area contributed by atoms with Crippen molar-refractivity contribution in [3.05, 3.63) is 94.2 Å². The molecule has 0 aliphatic heterocycles. The van der Waals surface area contributed by atoms with Gasteiger partial charge in [-0.3, -0.25) is 9.10 Å². The van der Waals surface area contributed by atoms with Crippen LogP contribution in [0.3, 0.4) is 0 Å². The Labute approximate surface area is 190 Å². The number of sulfonamides is 1. The highest BCUT2D eigenvalue weighted by Gasteiger charge is 2.28. The molecule has 1 N–H and O–H groups in total. The molecule has 1 atom stereocenters. The third-order valence-corrected chi connectivity index (χ3v) is 6.73. The third kappa shape index (κ3) is 5.76. The zero-order chi connectivity index (χ0) is 22.6. The van der Waals surface area contributed by atoms with Crippen molar-refractivity contribution in [3.8, 4) is 0 Å². The lowest BCUT2D eigenvalue weighted by Gasteiger charge is -2.25. The summed E-state index contributed by atoms with van der Waals surface area (Å²) in [7, 11) is -4.08. The van der Waals surface area contributed by atoms with Crippen LogP contribution in [-0.2, 0) is 14.8 Å². The highest BCUT2D eigenvalue weighted by atomic mass is 35.5. The van der Waals surface area contributed by atoms with Gasteiger partial charge in [-0.2, -0.15) is 0 Å². The summed E-state index contributed by atoms with van der Waals surface area (Å²) in [6.45, 7) is 1.22. The van der Waals surface area contributed by atoms with E-state index in [0.29, 0.717) is 5.56 Å². The maximum Gasteiger partial charge on any atom is 0.264 e. The van der Waals surface area contributed by atoms with Crippen molar-refractivity contribution in [2.24, 2.45) is 0 Å². The van der Waals surface area contributed by atoms with E-state index in [1.807, 2.05) is 0 Å². The monoisotopic (exact) mass is 480 g/mol. The Kier molecular flexibility index (Phi) is 7.20. The molecule has 31 heavy (non-hydrogen) atoms. The molecule has 3 rings (SSSR count). The molecule has 3 aromatic rings. The largest absolute Gasteiger partial charge is 0.348 e. The lowest BCUT2D eigenvalue weighted by Crippen LogP contribution is -2.41. The third-order valence-electron chi connectivity index (χ3n) is 4.50. The number of nitrogens with zero attached hydrogens (tertiary/aromatic N) is 1. The Morgan fingerprint density at radius 3 is 2.16 bits per heavy atom. The van der Waals surface area contributed by atoms with E-state index in [9.17, 15) is 17.6 Å². The maximum atomic E-state index is 13.3. The molecule has 0 spiro atoms. The van der Waals surface area contributed by atoms with Crippen molar-refractivity contribution >= 4 is 44.8 Å². The smallest absolute Gasteiger partial charge is 0.264 e. The Bertz CT molecular complexity index is 1150. The fourth-order valence-corrected chi connectivity index (χ4v) is 4.91. The Morgan fingerprint density at radius 1 is 1.00 bits per heavy atom. The zero-order valence-corrected chi connectivity index (χ0v) is 18.8. The topological polar surface area (TPSA) is 66.5 Å². The van der Waals surface area contributed by atoms with Crippen molar-refractivity contribution in [1.29, 1.82) is 0 Å². The number of nitrogens with one attached hydrogen (secondary N) is 1. The summed E-state index contributed by atoms with van der Waals surface area (Å²) in [6.07, 6.45) is 0. The van der Waals surface area contributed by atoms with Gasteiger partial charge in [0.2, 0.25) is 5.91 Å². The molecule has 3 aromatic carbocycles. The fourth-order valence-electron chi connectivity index (χ4n) is 2.97. The summed E-state index contributed by atoms with van der Waals surface area (Å²) in [5.74, 6) is -0.937. The van der Waals surface area contributed by atoms with Crippen LogP contribution < -0.4 is 9.62 Å². The van der Waals surface area contributed by atoms with Gasteiger partial charge in [-0.25, -0.2) is 12.8 Å². The van der Waals surface area contributed by atoms with Crippen LogP contribution in [0.2, 0.25) is 10.0 Å². The molecule has 5 nitrogen and oxygen atoms in total. The number of amides is 1. The van der Waals surface area contributed by atoms with Crippen LogP contribution in [0.5, 0.6) is 0 Å². The van der Waals surface area contributed by atoms with E-state index in [1.165, 1.54) is 42.5 Å². The van der Waals surface area contributed by atoms with Crippen LogP contribution >= 0.6 is 23.2 Å². The predicted octanol–water partition coefficient (Wildman–Crippen LogP) is 5.21. The lowest BCUT2D eigenvalue weighted by atomic mass is 10.1. The van der Waals surface area contributed by atoms with E-state index < -0.39 is 28.5 Å². The summed E-state index contributed by atoms with van der Waals surface area (Å²) in [4.78, 5) is 12.8. The van der Waals surface area contributed by atoms with Gasteiger partial charge in [0.15, 0.2) is 0 Å². The molecule has 162 valence electrons. The fraction of sp³-hybridized carbons (Fsp3) is 0.136. The van der Waals surface area contributed by atoms with E-state index in [2.05, 4.69) is 5.32 Å². The molecule has 0 aromatic heterocycles.